The van der Waals surface area contributed by atoms with Gasteiger partial charge in [-0.05, 0) is 41.3 Å². The Morgan fingerprint density at radius 3 is 1.73 bits per heavy atom. The maximum absolute atomic E-state index is 14.0. The fourth-order valence-electron chi connectivity index (χ4n) is 2.37. The van der Waals surface area contributed by atoms with E-state index in [9.17, 15) is 13.9 Å². The van der Waals surface area contributed by atoms with E-state index in [0.29, 0.717) is 11.1 Å². The minimum Gasteiger partial charge on any atom is -0.508 e. The molecule has 1 nitrogen and oxygen atoms in total. The van der Waals surface area contributed by atoms with E-state index in [0.717, 1.165) is 11.1 Å². The lowest BCUT2D eigenvalue weighted by Crippen LogP contribution is -1.93. The topological polar surface area (TPSA) is 20.2 Å². The predicted molar refractivity (Wildman–Crippen MR) is 83.6 cm³/mol. The fraction of sp³-hybridized carbons (Fsp3) is 0.0526. The highest BCUT2D eigenvalue weighted by Gasteiger charge is 2.12. The quantitative estimate of drug-likeness (QED) is 0.679. The molecule has 3 aromatic rings. The largest absolute Gasteiger partial charge is 0.508 e. The van der Waals surface area contributed by atoms with Gasteiger partial charge in [-0.3, -0.25) is 0 Å². The Morgan fingerprint density at radius 1 is 0.636 bits per heavy atom. The first-order chi connectivity index (χ1) is 10.6. The Hall–Kier alpha value is -2.68. The van der Waals surface area contributed by atoms with Crippen molar-refractivity contribution in [2.45, 2.75) is 6.92 Å². The summed E-state index contributed by atoms with van der Waals surface area (Å²) >= 11 is 0. The molecule has 0 aromatic heterocycles. The molecule has 22 heavy (non-hydrogen) atoms. The van der Waals surface area contributed by atoms with Crippen LogP contribution >= 0.6 is 0 Å². The van der Waals surface area contributed by atoms with E-state index in [-0.39, 0.29) is 11.3 Å². The second kappa shape index (κ2) is 5.60. The first-order valence-corrected chi connectivity index (χ1v) is 6.90. The number of hydrogen-bond acceptors (Lipinski definition) is 1. The van der Waals surface area contributed by atoms with Gasteiger partial charge in [0, 0.05) is 5.56 Å². The summed E-state index contributed by atoms with van der Waals surface area (Å²) in [6.45, 7) is 1.54. The summed E-state index contributed by atoms with van der Waals surface area (Å²) in [5, 5.41) is 9.30. The van der Waals surface area contributed by atoms with Crippen LogP contribution in [0.4, 0.5) is 8.78 Å². The zero-order valence-electron chi connectivity index (χ0n) is 12.0. The van der Waals surface area contributed by atoms with Gasteiger partial charge < -0.3 is 5.11 Å². The van der Waals surface area contributed by atoms with Crippen LogP contribution in [0.2, 0.25) is 0 Å². The number of phenolic OH excluding ortho intramolecular Hbond substituents is 1. The molecule has 0 amide bonds. The molecule has 0 bridgehead atoms. The summed E-state index contributed by atoms with van der Waals surface area (Å²) in [6.07, 6.45) is 0. The maximum Gasteiger partial charge on any atom is 0.166 e. The van der Waals surface area contributed by atoms with Crippen molar-refractivity contribution in [3.05, 3.63) is 77.9 Å². The van der Waals surface area contributed by atoms with Crippen LogP contribution in [0.5, 0.6) is 5.75 Å². The van der Waals surface area contributed by atoms with E-state index in [4.69, 9.17) is 0 Å². The molecule has 1 N–H and O–H groups in total. The molecule has 0 aliphatic rings. The van der Waals surface area contributed by atoms with Gasteiger partial charge in [0.25, 0.3) is 0 Å². The standard InChI is InChI=1S/C19H14F2O/c1-12-2-11-17(19(21)18(12)20)15-5-3-13(4-6-15)14-7-9-16(22)10-8-14/h2-11,22H,1H3. The van der Waals surface area contributed by atoms with Gasteiger partial charge in [0.15, 0.2) is 11.6 Å². The summed E-state index contributed by atoms with van der Waals surface area (Å²) < 4.78 is 27.7. The first-order valence-electron chi connectivity index (χ1n) is 6.90. The number of aryl methyl sites for hydroxylation is 1. The minimum atomic E-state index is -0.822. The van der Waals surface area contributed by atoms with Crippen LogP contribution in [-0.2, 0) is 0 Å². The summed E-state index contributed by atoms with van der Waals surface area (Å²) in [6, 6.07) is 17.2. The molecule has 0 heterocycles. The van der Waals surface area contributed by atoms with Gasteiger partial charge in [-0.25, -0.2) is 8.78 Å². The molecule has 0 atom stereocenters. The minimum absolute atomic E-state index is 0.206. The monoisotopic (exact) mass is 296 g/mol. The lowest BCUT2D eigenvalue weighted by molar-refractivity contribution is 0.475. The van der Waals surface area contributed by atoms with E-state index < -0.39 is 11.6 Å². The average molecular weight is 296 g/mol. The van der Waals surface area contributed by atoms with E-state index in [1.807, 2.05) is 12.1 Å². The zero-order chi connectivity index (χ0) is 15.7. The van der Waals surface area contributed by atoms with Crippen molar-refractivity contribution in [3.63, 3.8) is 0 Å². The highest BCUT2D eigenvalue weighted by molar-refractivity contribution is 5.71. The van der Waals surface area contributed by atoms with Crippen molar-refractivity contribution in [1.82, 2.24) is 0 Å². The fourth-order valence-corrected chi connectivity index (χ4v) is 2.37. The number of halogens is 2. The molecule has 0 spiro atoms. The van der Waals surface area contributed by atoms with E-state index in [2.05, 4.69) is 0 Å². The number of aromatic hydroxyl groups is 1. The van der Waals surface area contributed by atoms with Crippen molar-refractivity contribution >= 4 is 0 Å². The number of hydrogen-bond donors (Lipinski definition) is 1. The Labute approximate surface area is 127 Å². The van der Waals surface area contributed by atoms with E-state index >= 15 is 0 Å². The van der Waals surface area contributed by atoms with Gasteiger partial charge in [0.2, 0.25) is 0 Å². The van der Waals surface area contributed by atoms with Gasteiger partial charge in [0.05, 0.1) is 0 Å². The molecule has 0 fully saturated rings. The van der Waals surface area contributed by atoms with Crippen molar-refractivity contribution in [3.8, 4) is 28.0 Å². The zero-order valence-corrected chi connectivity index (χ0v) is 12.0. The SMILES string of the molecule is Cc1ccc(-c2ccc(-c3ccc(O)cc3)cc2)c(F)c1F. The van der Waals surface area contributed by atoms with Crippen LogP contribution in [0.1, 0.15) is 5.56 Å². The van der Waals surface area contributed by atoms with Crippen LogP contribution in [0.15, 0.2) is 60.7 Å². The summed E-state index contributed by atoms with van der Waals surface area (Å²) in [5.41, 5.74) is 3.05. The van der Waals surface area contributed by atoms with Crippen molar-refractivity contribution in [2.75, 3.05) is 0 Å². The Bertz CT molecular complexity index is 806. The van der Waals surface area contributed by atoms with Crippen LogP contribution in [-0.4, -0.2) is 5.11 Å². The molecule has 110 valence electrons. The first kappa shape index (κ1) is 14.3. The molecule has 0 saturated carbocycles. The highest BCUT2D eigenvalue weighted by Crippen LogP contribution is 2.29. The van der Waals surface area contributed by atoms with E-state index in [1.54, 1.807) is 48.5 Å². The number of rotatable bonds is 2. The summed E-state index contributed by atoms with van der Waals surface area (Å²) in [5.74, 6) is -1.42. The van der Waals surface area contributed by atoms with Gasteiger partial charge in [0.1, 0.15) is 5.75 Å². The van der Waals surface area contributed by atoms with Gasteiger partial charge in [-0.15, -0.1) is 0 Å². The normalized spacial score (nSPS) is 10.7. The van der Waals surface area contributed by atoms with Crippen molar-refractivity contribution in [2.24, 2.45) is 0 Å². The highest BCUT2D eigenvalue weighted by atomic mass is 19.2. The summed E-state index contributed by atoms with van der Waals surface area (Å²) in [4.78, 5) is 0. The smallest absolute Gasteiger partial charge is 0.166 e. The Balaban J connectivity index is 1.98. The molecular weight excluding hydrogens is 282 g/mol. The summed E-state index contributed by atoms with van der Waals surface area (Å²) in [7, 11) is 0. The Kier molecular flexibility index (Phi) is 3.63. The van der Waals surface area contributed by atoms with Crippen LogP contribution in [0.3, 0.4) is 0 Å². The molecular formula is C19H14F2O. The molecule has 3 heteroatoms. The molecule has 0 unspecified atom stereocenters. The lowest BCUT2D eigenvalue weighted by Gasteiger charge is -2.08. The number of phenols is 1. The molecule has 3 rings (SSSR count). The van der Waals surface area contributed by atoms with Crippen LogP contribution in [0, 0.1) is 18.6 Å². The Morgan fingerprint density at radius 2 is 1.14 bits per heavy atom. The lowest BCUT2D eigenvalue weighted by atomic mass is 9.99. The van der Waals surface area contributed by atoms with Crippen molar-refractivity contribution in [1.29, 1.82) is 0 Å². The molecule has 0 saturated heterocycles. The third-order valence-corrected chi connectivity index (χ3v) is 3.67. The van der Waals surface area contributed by atoms with Crippen molar-refractivity contribution < 1.29 is 13.9 Å². The van der Waals surface area contributed by atoms with Gasteiger partial charge >= 0.3 is 0 Å². The molecule has 3 aromatic carbocycles. The van der Waals surface area contributed by atoms with E-state index in [1.165, 1.54) is 6.92 Å². The predicted octanol–water partition coefficient (Wildman–Crippen LogP) is 5.31. The van der Waals surface area contributed by atoms with Gasteiger partial charge in [-0.2, -0.15) is 0 Å². The third kappa shape index (κ3) is 2.58. The molecule has 0 aliphatic carbocycles. The molecule has 0 aliphatic heterocycles. The number of benzene rings is 3. The molecule has 0 radical (unpaired) electrons. The second-order valence-electron chi connectivity index (χ2n) is 5.18. The van der Waals surface area contributed by atoms with Crippen LogP contribution in [0.25, 0.3) is 22.3 Å². The maximum atomic E-state index is 14.0. The third-order valence-electron chi connectivity index (χ3n) is 3.67. The van der Waals surface area contributed by atoms with Gasteiger partial charge in [-0.1, -0.05) is 48.5 Å². The second-order valence-corrected chi connectivity index (χ2v) is 5.18. The average Bonchev–Trinajstić information content (AvgIpc) is 2.54. The van der Waals surface area contributed by atoms with Crippen LogP contribution < -0.4 is 0 Å².